The summed E-state index contributed by atoms with van der Waals surface area (Å²) in [5.74, 6) is -0.221. The second-order valence-corrected chi connectivity index (χ2v) is 3.18. The van der Waals surface area contributed by atoms with Gasteiger partial charge in [0.1, 0.15) is 5.69 Å². The van der Waals surface area contributed by atoms with Crippen molar-refractivity contribution in [2.75, 3.05) is 0 Å². The van der Waals surface area contributed by atoms with E-state index in [9.17, 15) is 4.79 Å². The molecule has 2 aromatic rings. The average molecular weight is 215 g/mol. The van der Waals surface area contributed by atoms with Crippen LogP contribution in [0.2, 0.25) is 0 Å². The van der Waals surface area contributed by atoms with Crippen LogP contribution in [0.4, 0.5) is 0 Å². The van der Waals surface area contributed by atoms with Crippen LogP contribution >= 0.6 is 0 Å². The lowest BCUT2D eigenvalue weighted by Crippen LogP contribution is -2.24. The van der Waals surface area contributed by atoms with Gasteiger partial charge in [-0.1, -0.05) is 0 Å². The molecular formula is C11H11N4O+. The van der Waals surface area contributed by atoms with Crippen LogP contribution < -0.4 is 10.3 Å². The van der Waals surface area contributed by atoms with Gasteiger partial charge in [-0.25, -0.2) is 9.97 Å². The van der Waals surface area contributed by atoms with Gasteiger partial charge in [0.15, 0.2) is 12.4 Å². The van der Waals surface area contributed by atoms with E-state index in [2.05, 4.69) is 20.3 Å². The fraction of sp³-hybridized carbons (Fsp3) is 0.0909. The molecule has 0 aliphatic heterocycles. The van der Waals surface area contributed by atoms with Gasteiger partial charge >= 0.3 is 0 Å². The van der Waals surface area contributed by atoms with Crippen LogP contribution in [0.15, 0.2) is 43.1 Å². The highest BCUT2D eigenvalue weighted by Crippen LogP contribution is 1.95. The van der Waals surface area contributed by atoms with Gasteiger partial charge in [0.2, 0.25) is 0 Å². The quantitative estimate of drug-likeness (QED) is 0.796. The number of amides is 1. The number of nitrogens with zero attached hydrogens (tertiary/aromatic N) is 2. The molecule has 0 fully saturated rings. The van der Waals surface area contributed by atoms with Crippen molar-refractivity contribution >= 4 is 5.91 Å². The Bertz CT molecular complexity index is 458. The van der Waals surface area contributed by atoms with Gasteiger partial charge in [0.25, 0.3) is 5.91 Å². The number of rotatable bonds is 3. The van der Waals surface area contributed by atoms with E-state index in [4.69, 9.17) is 0 Å². The summed E-state index contributed by atoms with van der Waals surface area (Å²) < 4.78 is 0. The van der Waals surface area contributed by atoms with Gasteiger partial charge < -0.3 is 5.32 Å². The Labute approximate surface area is 92.6 Å². The maximum atomic E-state index is 11.6. The molecule has 16 heavy (non-hydrogen) atoms. The molecule has 0 saturated carbocycles. The van der Waals surface area contributed by atoms with Crippen LogP contribution in [0.1, 0.15) is 16.1 Å². The number of nitrogens with one attached hydrogen (secondary N) is 2. The first kappa shape index (κ1) is 10.2. The van der Waals surface area contributed by atoms with E-state index >= 15 is 0 Å². The number of aromatic amines is 1. The lowest BCUT2D eigenvalue weighted by atomic mass is 10.2. The van der Waals surface area contributed by atoms with Crippen molar-refractivity contribution in [2.24, 2.45) is 0 Å². The minimum atomic E-state index is -0.221. The van der Waals surface area contributed by atoms with Crippen molar-refractivity contribution in [3.8, 4) is 0 Å². The van der Waals surface area contributed by atoms with E-state index < -0.39 is 0 Å². The standard InChI is InChI=1S/C11H10N4O/c16-11(10-8-13-5-6-14-10)15-7-9-1-3-12-4-2-9/h1-6,8H,7H2,(H,15,16)/p+1. The number of hydrogen-bond acceptors (Lipinski definition) is 3. The van der Waals surface area contributed by atoms with Gasteiger partial charge in [-0.15, -0.1) is 0 Å². The lowest BCUT2D eigenvalue weighted by molar-refractivity contribution is -0.378. The second-order valence-electron chi connectivity index (χ2n) is 3.18. The molecule has 0 spiro atoms. The highest BCUT2D eigenvalue weighted by molar-refractivity contribution is 5.91. The molecule has 0 radical (unpaired) electrons. The maximum absolute atomic E-state index is 11.6. The topological polar surface area (TPSA) is 69.0 Å². The van der Waals surface area contributed by atoms with Crippen molar-refractivity contribution in [1.82, 2.24) is 15.3 Å². The van der Waals surface area contributed by atoms with Crippen LogP contribution in [0.5, 0.6) is 0 Å². The smallest absolute Gasteiger partial charge is 0.271 e. The van der Waals surface area contributed by atoms with E-state index in [1.807, 2.05) is 24.5 Å². The first-order valence-corrected chi connectivity index (χ1v) is 4.85. The first-order valence-electron chi connectivity index (χ1n) is 4.85. The molecule has 1 amide bonds. The fourth-order valence-corrected chi connectivity index (χ4v) is 1.23. The summed E-state index contributed by atoms with van der Waals surface area (Å²) in [7, 11) is 0. The van der Waals surface area contributed by atoms with Gasteiger partial charge in [0, 0.05) is 31.1 Å². The molecular weight excluding hydrogens is 204 g/mol. The van der Waals surface area contributed by atoms with E-state index in [0.717, 1.165) is 5.56 Å². The number of aromatic nitrogens is 3. The second kappa shape index (κ2) is 4.97. The Hall–Kier alpha value is -2.30. The maximum Gasteiger partial charge on any atom is 0.271 e. The van der Waals surface area contributed by atoms with Gasteiger partial charge in [0.05, 0.1) is 6.20 Å². The largest absolute Gasteiger partial charge is 0.347 e. The molecule has 2 N–H and O–H groups in total. The lowest BCUT2D eigenvalue weighted by Gasteiger charge is -2.02. The van der Waals surface area contributed by atoms with Crippen LogP contribution in [-0.4, -0.2) is 15.9 Å². The summed E-state index contributed by atoms with van der Waals surface area (Å²) in [6.07, 6.45) is 8.08. The summed E-state index contributed by atoms with van der Waals surface area (Å²) in [4.78, 5) is 22.3. The predicted octanol–water partition coefficient (Wildman–Crippen LogP) is 0.221. The molecule has 0 bridgehead atoms. The third-order valence-corrected chi connectivity index (χ3v) is 2.04. The molecule has 0 aliphatic carbocycles. The van der Waals surface area contributed by atoms with Crippen LogP contribution in [0.25, 0.3) is 0 Å². The molecule has 0 aromatic carbocycles. The zero-order chi connectivity index (χ0) is 11.2. The molecule has 2 aromatic heterocycles. The predicted molar refractivity (Wildman–Crippen MR) is 56.2 cm³/mol. The summed E-state index contributed by atoms with van der Waals surface area (Å²) in [6, 6.07) is 3.80. The zero-order valence-corrected chi connectivity index (χ0v) is 8.55. The van der Waals surface area contributed by atoms with Crippen LogP contribution in [0, 0.1) is 0 Å². The highest BCUT2D eigenvalue weighted by Gasteiger charge is 2.05. The summed E-state index contributed by atoms with van der Waals surface area (Å²) in [6.45, 7) is 0.476. The Morgan fingerprint density at radius 3 is 2.81 bits per heavy atom. The Morgan fingerprint density at radius 1 is 1.31 bits per heavy atom. The molecule has 0 aliphatic rings. The van der Waals surface area contributed by atoms with E-state index in [0.29, 0.717) is 12.2 Å². The monoisotopic (exact) mass is 215 g/mol. The third kappa shape index (κ3) is 2.60. The minimum Gasteiger partial charge on any atom is -0.347 e. The van der Waals surface area contributed by atoms with Gasteiger partial charge in [-0.2, -0.15) is 0 Å². The Kier molecular flexibility index (Phi) is 3.18. The number of pyridine rings is 1. The number of carbonyl (C=O) groups is 1. The zero-order valence-electron chi connectivity index (χ0n) is 8.55. The van der Waals surface area contributed by atoms with E-state index in [1.165, 1.54) is 18.6 Å². The first-order chi connectivity index (χ1) is 7.86. The molecule has 2 heterocycles. The van der Waals surface area contributed by atoms with Crippen molar-refractivity contribution in [1.29, 1.82) is 0 Å². The number of carbonyl (C=O) groups excluding carboxylic acids is 1. The minimum absolute atomic E-state index is 0.221. The van der Waals surface area contributed by atoms with Crippen LogP contribution in [0.3, 0.4) is 0 Å². The van der Waals surface area contributed by atoms with Crippen molar-refractivity contribution in [2.45, 2.75) is 6.54 Å². The molecule has 5 heteroatoms. The Balaban J connectivity index is 1.95. The van der Waals surface area contributed by atoms with Crippen molar-refractivity contribution in [3.63, 3.8) is 0 Å². The van der Waals surface area contributed by atoms with Gasteiger partial charge in [-0.05, 0) is 5.56 Å². The molecule has 0 saturated heterocycles. The molecule has 80 valence electrons. The van der Waals surface area contributed by atoms with Crippen LogP contribution in [-0.2, 0) is 6.54 Å². The normalized spacial score (nSPS) is 9.75. The number of H-pyrrole nitrogens is 1. The molecule has 2 rings (SSSR count). The average Bonchev–Trinajstić information content (AvgIpc) is 2.38. The summed E-state index contributed by atoms with van der Waals surface area (Å²) >= 11 is 0. The van der Waals surface area contributed by atoms with Crippen molar-refractivity contribution in [3.05, 3.63) is 54.4 Å². The van der Waals surface area contributed by atoms with E-state index in [-0.39, 0.29) is 5.91 Å². The van der Waals surface area contributed by atoms with E-state index in [1.54, 1.807) is 0 Å². The molecule has 0 unspecified atom stereocenters. The molecule has 0 atom stereocenters. The van der Waals surface area contributed by atoms with Gasteiger partial charge in [-0.3, -0.25) is 9.78 Å². The highest BCUT2D eigenvalue weighted by atomic mass is 16.1. The summed E-state index contributed by atoms with van der Waals surface area (Å²) in [5.41, 5.74) is 1.35. The Morgan fingerprint density at radius 2 is 2.12 bits per heavy atom. The molecule has 5 nitrogen and oxygen atoms in total. The van der Waals surface area contributed by atoms with Crippen molar-refractivity contribution < 1.29 is 9.78 Å². The fourth-order valence-electron chi connectivity index (χ4n) is 1.23. The summed E-state index contributed by atoms with van der Waals surface area (Å²) in [5, 5.41) is 2.76. The number of hydrogen-bond donors (Lipinski definition) is 1. The SMILES string of the molecule is O=C(NCc1cc[nH+]cc1)c1cnccn1. The third-order valence-electron chi connectivity index (χ3n) is 2.04.